The minimum absolute atomic E-state index is 0.0776. The molecule has 0 bridgehead atoms. The van der Waals surface area contributed by atoms with E-state index in [1.165, 1.54) is 18.3 Å². The van der Waals surface area contributed by atoms with Crippen LogP contribution in [-0.4, -0.2) is 59.2 Å². The van der Waals surface area contributed by atoms with Crippen molar-refractivity contribution in [1.29, 1.82) is 0 Å². The number of carbonyl (C=O) groups excluding carboxylic acids is 2. The quantitative estimate of drug-likeness (QED) is 0.500. The Kier molecular flexibility index (Phi) is 7.77. The molecule has 0 spiro atoms. The first-order chi connectivity index (χ1) is 15.7. The van der Waals surface area contributed by atoms with E-state index in [2.05, 4.69) is 15.6 Å². The first-order valence-corrected chi connectivity index (χ1v) is 11.9. The van der Waals surface area contributed by atoms with E-state index in [0.717, 1.165) is 9.87 Å². The summed E-state index contributed by atoms with van der Waals surface area (Å²) in [6, 6.07) is 8.95. The van der Waals surface area contributed by atoms with Crippen molar-refractivity contribution in [3.63, 3.8) is 0 Å². The molecule has 0 unspecified atom stereocenters. The SMILES string of the molecule is Cc1ccc(S(=O)(=O)N2CCC[C@H]2C(=O)N[C@@H](CCC(=O)Nc2ccccn2)C(=O)O)cc1. The zero-order valence-electron chi connectivity index (χ0n) is 18.1. The fourth-order valence-electron chi connectivity index (χ4n) is 3.58. The van der Waals surface area contributed by atoms with Crippen molar-refractivity contribution in [2.45, 2.75) is 49.6 Å². The van der Waals surface area contributed by atoms with E-state index in [-0.39, 0.29) is 30.7 Å². The fraction of sp³-hybridized carbons (Fsp3) is 0.364. The smallest absolute Gasteiger partial charge is 0.326 e. The van der Waals surface area contributed by atoms with Crippen LogP contribution in [0.25, 0.3) is 0 Å². The molecule has 2 atom stereocenters. The monoisotopic (exact) mass is 474 g/mol. The molecule has 2 aromatic rings. The zero-order chi connectivity index (χ0) is 24.0. The number of carboxylic acid groups (broad SMARTS) is 1. The Hall–Kier alpha value is -3.31. The topological polar surface area (TPSA) is 146 Å². The molecule has 1 fully saturated rings. The lowest BCUT2D eigenvalue weighted by Crippen LogP contribution is -2.50. The summed E-state index contributed by atoms with van der Waals surface area (Å²) in [6.07, 6.45) is 1.95. The molecule has 0 aliphatic carbocycles. The molecule has 3 rings (SSSR count). The first kappa shape index (κ1) is 24.3. The molecule has 2 heterocycles. The molecule has 1 saturated heterocycles. The summed E-state index contributed by atoms with van der Waals surface area (Å²) in [5.74, 6) is -2.11. The van der Waals surface area contributed by atoms with Crippen molar-refractivity contribution in [2.24, 2.45) is 0 Å². The third kappa shape index (κ3) is 6.14. The summed E-state index contributed by atoms with van der Waals surface area (Å²) < 4.78 is 27.2. The minimum Gasteiger partial charge on any atom is -0.480 e. The van der Waals surface area contributed by atoms with Gasteiger partial charge in [-0.05, 0) is 50.5 Å². The van der Waals surface area contributed by atoms with Crippen LogP contribution < -0.4 is 10.6 Å². The number of carboxylic acids is 1. The van der Waals surface area contributed by atoms with Gasteiger partial charge < -0.3 is 15.7 Å². The lowest BCUT2D eigenvalue weighted by Gasteiger charge is -2.25. The maximum Gasteiger partial charge on any atom is 0.326 e. The van der Waals surface area contributed by atoms with Crippen LogP contribution in [0.4, 0.5) is 5.82 Å². The van der Waals surface area contributed by atoms with Gasteiger partial charge in [0.1, 0.15) is 17.9 Å². The zero-order valence-corrected chi connectivity index (χ0v) is 18.9. The van der Waals surface area contributed by atoms with E-state index in [0.29, 0.717) is 12.2 Å². The molecule has 0 radical (unpaired) electrons. The highest BCUT2D eigenvalue weighted by Crippen LogP contribution is 2.26. The number of carbonyl (C=O) groups is 3. The Balaban J connectivity index is 1.63. The molecule has 1 aromatic heterocycles. The van der Waals surface area contributed by atoms with Crippen LogP contribution in [0.5, 0.6) is 0 Å². The summed E-state index contributed by atoms with van der Waals surface area (Å²) in [5.41, 5.74) is 0.904. The van der Waals surface area contributed by atoms with Crippen LogP contribution in [0.15, 0.2) is 53.6 Å². The molecule has 33 heavy (non-hydrogen) atoms. The highest BCUT2D eigenvalue weighted by atomic mass is 32.2. The molecule has 11 heteroatoms. The van der Waals surface area contributed by atoms with Gasteiger partial charge in [-0.2, -0.15) is 4.31 Å². The lowest BCUT2D eigenvalue weighted by atomic mass is 10.1. The van der Waals surface area contributed by atoms with Crippen molar-refractivity contribution in [3.05, 3.63) is 54.2 Å². The number of nitrogens with one attached hydrogen (secondary N) is 2. The van der Waals surface area contributed by atoms with E-state index in [1.807, 2.05) is 6.92 Å². The molecule has 1 aliphatic rings. The minimum atomic E-state index is -3.91. The average Bonchev–Trinajstić information content (AvgIpc) is 3.28. The van der Waals surface area contributed by atoms with Crippen molar-refractivity contribution < 1.29 is 27.9 Å². The first-order valence-electron chi connectivity index (χ1n) is 10.5. The number of amides is 2. The average molecular weight is 475 g/mol. The van der Waals surface area contributed by atoms with Crippen LogP contribution in [0.3, 0.4) is 0 Å². The van der Waals surface area contributed by atoms with Gasteiger partial charge in [0, 0.05) is 19.2 Å². The second-order valence-corrected chi connectivity index (χ2v) is 9.68. The number of hydrogen-bond acceptors (Lipinski definition) is 6. The molecular formula is C22H26N4O6S. The van der Waals surface area contributed by atoms with Crippen molar-refractivity contribution in [1.82, 2.24) is 14.6 Å². The fourth-order valence-corrected chi connectivity index (χ4v) is 5.23. The number of aryl methyl sites for hydroxylation is 1. The van der Waals surface area contributed by atoms with Crippen molar-refractivity contribution in [2.75, 3.05) is 11.9 Å². The molecule has 1 aromatic carbocycles. The van der Waals surface area contributed by atoms with Gasteiger partial charge in [-0.1, -0.05) is 23.8 Å². The van der Waals surface area contributed by atoms with Gasteiger partial charge in [-0.3, -0.25) is 9.59 Å². The second-order valence-electron chi connectivity index (χ2n) is 7.79. The summed E-state index contributed by atoms with van der Waals surface area (Å²) in [7, 11) is -3.91. The highest BCUT2D eigenvalue weighted by molar-refractivity contribution is 7.89. The van der Waals surface area contributed by atoms with E-state index in [1.54, 1.807) is 30.3 Å². The van der Waals surface area contributed by atoms with E-state index in [4.69, 9.17) is 0 Å². The van der Waals surface area contributed by atoms with Crippen LogP contribution in [-0.2, 0) is 24.4 Å². The predicted octanol–water partition coefficient (Wildman–Crippen LogP) is 1.53. The van der Waals surface area contributed by atoms with E-state index < -0.39 is 39.9 Å². The van der Waals surface area contributed by atoms with Crippen LogP contribution in [0, 0.1) is 6.92 Å². The molecular weight excluding hydrogens is 448 g/mol. The number of pyridine rings is 1. The number of benzene rings is 1. The summed E-state index contributed by atoms with van der Waals surface area (Å²) in [4.78, 5) is 40.7. The molecule has 1 aliphatic heterocycles. The Labute approximate surface area is 192 Å². The van der Waals surface area contributed by atoms with Crippen LogP contribution in [0.2, 0.25) is 0 Å². The van der Waals surface area contributed by atoms with Gasteiger partial charge in [-0.15, -0.1) is 0 Å². The summed E-state index contributed by atoms with van der Waals surface area (Å²) in [6.45, 7) is 2.00. The predicted molar refractivity (Wildman–Crippen MR) is 120 cm³/mol. The molecule has 2 amide bonds. The molecule has 10 nitrogen and oxygen atoms in total. The maximum absolute atomic E-state index is 13.0. The summed E-state index contributed by atoms with van der Waals surface area (Å²) >= 11 is 0. The van der Waals surface area contributed by atoms with Crippen molar-refractivity contribution in [3.8, 4) is 0 Å². The maximum atomic E-state index is 13.0. The second kappa shape index (κ2) is 10.5. The standard InChI is InChI=1S/C22H26N4O6S/c1-15-7-9-16(10-8-15)33(31,32)26-14-4-5-18(26)21(28)24-17(22(29)30)11-12-20(27)25-19-6-2-3-13-23-19/h2-3,6-10,13,17-18H,4-5,11-12,14H2,1H3,(H,24,28)(H,29,30)(H,23,25,27)/t17-,18-/m0/s1. The number of nitrogens with zero attached hydrogens (tertiary/aromatic N) is 2. The van der Waals surface area contributed by atoms with Gasteiger partial charge >= 0.3 is 5.97 Å². The normalized spacial score (nSPS) is 17.3. The van der Waals surface area contributed by atoms with E-state index in [9.17, 15) is 27.9 Å². The van der Waals surface area contributed by atoms with Gasteiger partial charge in [0.25, 0.3) is 0 Å². The number of hydrogen-bond donors (Lipinski definition) is 3. The summed E-state index contributed by atoms with van der Waals surface area (Å²) in [5, 5.41) is 14.5. The van der Waals surface area contributed by atoms with Gasteiger partial charge in [0.2, 0.25) is 21.8 Å². The Morgan fingerprint density at radius 3 is 2.55 bits per heavy atom. The Morgan fingerprint density at radius 2 is 1.91 bits per heavy atom. The number of rotatable bonds is 9. The third-order valence-electron chi connectivity index (χ3n) is 5.34. The number of anilines is 1. The van der Waals surface area contributed by atoms with Crippen LogP contribution >= 0.6 is 0 Å². The number of aliphatic carboxylic acids is 1. The third-order valence-corrected chi connectivity index (χ3v) is 7.26. The Morgan fingerprint density at radius 1 is 1.18 bits per heavy atom. The van der Waals surface area contributed by atoms with Gasteiger partial charge in [0.05, 0.1) is 4.90 Å². The largest absolute Gasteiger partial charge is 0.480 e. The van der Waals surface area contributed by atoms with Crippen molar-refractivity contribution >= 4 is 33.6 Å². The van der Waals surface area contributed by atoms with E-state index >= 15 is 0 Å². The number of sulfonamides is 1. The molecule has 176 valence electrons. The number of aromatic nitrogens is 1. The van der Waals surface area contributed by atoms with Gasteiger partial charge in [-0.25, -0.2) is 18.2 Å². The van der Waals surface area contributed by atoms with Gasteiger partial charge in [0.15, 0.2) is 0 Å². The molecule has 0 saturated carbocycles. The lowest BCUT2D eigenvalue weighted by molar-refractivity contribution is -0.142. The molecule has 3 N–H and O–H groups in total. The van der Waals surface area contributed by atoms with Crippen LogP contribution in [0.1, 0.15) is 31.2 Å². The highest BCUT2D eigenvalue weighted by Gasteiger charge is 2.40. The Bertz CT molecular complexity index is 1110.